The highest BCUT2D eigenvalue weighted by Gasteiger charge is 2.52. The Hall–Kier alpha value is -3.14. The van der Waals surface area contributed by atoms with Crippen LogP contribution in [0.5, 0.6) is 0 Å². The number of fused-ring (bicyclic) bond motifs is 1. The van der Waals surface area contributed by atoms with Crippen LogP contribution in [0.15, 0.2) is 48.5 Å². The molecule has 0 bridgehead atoms. The third-order valence-corrected chi connectivity index (χ3v) is 7.35. The van der Waals surface area contributed by atoms with Gasteiger partial charge in [-0.1, -0.05) is 17.7 Å². The number of nitrogens with one attached hydrogen (secondary N) is 2. The maximum absolute atomic E-state index is 12.9. The zero-order valence-corrected chi connectivity index (χ0v) is 20.8. The monoisotopic (exact) mass is 551 g/mol. The minimum atomic E-state index is -0.853. The number of benzene rings is 2. The predicted molar refractivity (Wildman–Crippen MR) is 132 cm³/mol. The van der Waals surface area contributed by atoms with Crippen LogP contribution < -0.4 is 15.8 Å². The van der Waals surface area contributed by atoms with Crippen LogP contribution in [-0.2, 0) is 19.1 Å². The van der Waals surface area contributed by atoms with Gasteiger partial charge in [0.25, 0.3) is 11.8 Å². The number of alkyl halides is 2. The summed E-state index contributed by atoms with van der Waals surface area (Å²) in [6, 6.07) is 11.8. The Morgan fingerprint density at radius 2 is 1.50 bits per heavy atom. The number of rotatable bonds is 5. The van der Waals surface area contributed by atoms with Gasteiger partial charge in [0.1, 0.15) is 0 Å². The number of hydrazine groups is 1. The van der Waals surface area contributed by atoms with Crippen LogP contribution in [0.25, 0.3) is 0 Å². The highest BCUT2D eigenvalue weighted by molar-refractivity contribution is 6.31. The van der Waals surface area contributed by atoms with Crippen molar-refractivity contribution in [1.29, 1.82) is 0 Å². The van der Waals surface area contributed by atoms with Gasteiger partial charge < -0.3 is 4.74 Å². The SMILES string of the molecule is O=C(COC(=O)c1cccc(N2C(=O)[C@@H]3C[C@@H](Cl)[C@@H](Cl)C[C@H]3C2=O)c1)NNC(=O)c1ccc(Cl)cc1. The first-order chi connectivity index (χ1) is 17.2. The van der Waals surface area contributed by atoms with Gasteiger partial charge in [-0.15, -0.1) is 23.2 Å². The number of ether oxygens (including phenoxy) is 1. The number of carbonyl (C=O) groups excluding carboxylic acids is 5. The number of carbonyl (C=O) groups is 5. The van der Waals surface area contributed by atoms with E-state index in [1.165, 1.54) is 48.5 Å². The molecule has 4 atom stereocenters. The smallest absolute Gasteiger partial charge is 0.338 e. The molecule has 2 N–H and O–H groups in total. The first-order valence-electron chi connectivity index (χ1n) is 10.9. The second-order valence-electron chi connectivity index (χ2n) is 8.36. The van der Waals surface area contributed by atoms with Crippen molar-refractivity contribution in [2.45, 2.75) is 23.6 Å². The molecule has 2 aromatic carbocycles. The normalized spacial score (nSPS) is 23.1. The quantitative estimate of drug-likeness (QED) is 0.254. The fourth-order valence-electron chi connectivity index (χ4n) is 4.17. The third-order valence-electron chi connectivity index (χ3n) is 6.01. The lowest BCUT2D eigenvalue weighted by Crippen LogP contribution is -2.43. The van der Waals surface area contributed by atoms with E-state index in [1.807, 2.05) is 0 Å². The maximum atomic E-state index is 12.9. The summed E-state index contributed by atoms with van der Waals surface area (Å²) >= 11 is 18.2. The van der Waals surface area contributed by atoms with Crippen LogP contribution in [0.3, 0.4) is 0 Å². The van der Waals surface area contributed by atoms with Crippen LogP contribution >= 0.6 is 34.8 Å². The molecule has 36 heavy (non-hydrogen) atoms. The first-order valence-corrected chi connectivity index (χ1v) is 12.2. The van der Waals surface area contributed by atoms with E-state index >= 15 is 0 Å². The Labute approximate surface area is 221 Å². The fourth-order valence-corrected chi connectivity index (χ4v) is 4.89. The van der Waals surface area contributed by atoms with Gasteiger partial charge in [-0.3, -0.25) is 34.9 Å². The number of nitrogens with zero attached hydrogens (tertiary/aromatic N) is 1. The molecular weight excluding hydrogens is 533 g/mol. The van der Waals surface area contributed by atoms with Crippen molar-refractivity contribution < 1.29 is 28.7 Å². The minimum absolute atomic E-state index is 0.0337. The van der Waals surface area contributed by atoms with E-state index in [0.717, 1.165) is 4.90 Å². The molecule has 12 heteroatoms. The van der Waals surface area contributed by atoms with E-state index in [0.29, 0.717) is 17.9 Å². The minimum Gasteiger partial charge on any atom is -0.452 e. The van der Waals surface area contributed by atoms with Gasteiger partial charge >= 0.3 is 5.97 Å². The van der Waals surface area contributed by atoms with E-state index in [9.17, 15) is 24.0 Å². The number of hydrogen-bond acceptors (Lipinski definition) is 6. The lowest BCUT2D eigenvalue weighted by atomic mass is 9.80. The van der Waals surface area contributed by atoms with Crippen LogP contribution in [0.2, 0.25) is 5.02 Å². The van der Waals surface area contributed by atoms with Crippen molar-refractivity contribution in [2.24, 2.45) is 11.8 Å². The molecule has 1 saturated carbocycles. The van der Waals surface area contributed by atoms with Gasteiger partial charge in [-0.05, 0) is 55.3 Å². The molecule has 0 radical (unpaired) electrons. The number of hydrogen-bond donors (Lipinski definition) is 2. The standard InChI is InChI=1S/C24H20Cl3N3O6/c25-14-6-4-12(5-7-14)21(32)29-28-20(31)11-36-24(35)13-2-1-3-15(8-13)30-22(33)16-9-18(26)19(27)10-17(16)23(30)34/h1-8,16-19H,9-11H2,(H,28,31)(H,29,32)/t16-,17-,18-,19+/m1/s1. The van der Waals surface area contributed by atoms with Gasteiger partial charge in [0.2, 0.25) is 11.8 Å². The number of anilines is 1. The second kappa shape index (κ2) is 10.9. The number of imide groups is 1. The van der Waals surface area contributed by atoms with Crippen LogP contribution in [0, 0.1) is 11.8 Å². The second-order valence-corrected chi connectivity index (χ2v) is 9.92. The lowest BCUT2D eigenvalue weighted by Gasteiger charge is -2.28. The Bertz CT molecular complexity index is 1190. The Balaban J connectivity index is 1.34. The molecule has 1 saturated heterocycles. The molecule has 4 amide bonds. The molecule has 188 valence electrons. The van der Waals surface area contributed by atoms with Gasteiger partial charge in [0.15, 0.2) is 6.61 Å². The van der Waals surface area contributed by atoms with Gasteiger partial charge in [0.05, 0.1) is 33.8 Å². The number of halogens is 3. The average Bonchev–Trinajstić information content (AvgIpc) is 3.10. The topological polar surface area (TPSA) is 122 Å². The summed E-state index contributed by atoms with van der Waals surface area (Å²) < 4.78 is 4.99. The van der Waals surface area contributed by atoms with Gasteiger partial charge in [-0.25, -0.2) is 4.79 Å². The maximum Gasteiger partial charge on any atom is 0.338 e. The Morgan fingerprint density at radius 1 is 0.889 bits per heavy atom. The van der Waals surface area contributed by atoms with Crippen molar-refractivity contribution in [3.8, 4) is 0 Å². The molecule has 1 aliphatic carbocycles. The largest absolute Gasteiger partial charge is 0.452 e. The van der Waals surface area contributed by atoms with E-state index in [-0.39, 0.29) is 28.6 Å². The molecule has 1 heterocycles. The zero-order chi connectivity index (χ0) is 26.0. The predicted octanol–water partition coefficient (Wildman–Crippen LogP) is 3.07. The lowest BCUT2D eigenvalue weighted by molar-refractivity contribution is -0.125. The first kappa shape index (κ1) is 25.9. The van der Waals surface area contributed by atoms with E-state index in [1.54, 1.807) is 0 Å². The highest BCUT2D eigenvalue weighted by atomic mass is 35.5. The van der Waals surface area contributed by atoms with Gasteiger partial charge in [-0.2, -0.15) is 0 Å². The molecule has 2 aromatic rings. The van der Waals surface area contributed by atoms with Crippen molar-refractivity contribution in [3.05, 3.63) is 64.7 Å². The summed E-state index contributed by atoms with van der Waals surface area (Å²) in [6.07, 6.45) is 0.597. The highest BCUT2D eigenvalue weighted by Crippen LogP contribution is 2.43. The van der Waals surface area contributed by atoms with Crippen molar-refractivity contribution in [3.63, 3.8) is 0 Å². The summed E-state index contributed by atoms with van der Waals surface area (Å²) in [4.78, 5) is 63.4. The summed E-state index contributed by atoms with van der Waals surface area (Å²) in [6.45, 7) is -0.677. The third kappa shape index (κ3) is 5.48. The summed E-state index contributed by atoms with van der Waals surface area (Å²) in [5.41, 5.74) is 4.85. The van der Waals surface area contributed by atoms with Crippen molar-refractivity contribution >= 4 is 70.1 Å². The molecule has 2 aliphatic rings. The molecule has 9 nitrogen and oxygen atoms in total. The van der Waals surface area contributed by atoms with E-state index < -0.39 is 47.0 Å². The molecule has 0 aromatic heterocycles. The van der Waals surface area contributed by atoms with E-state index in [2.05, 4.69) is 10.9 Å². The number of esters is 1. The number of amides is 4. The Morgan fingerprint density at radius 3 is 2.11 bits per heavy atom. The summed E-state index contributed by atoms with van der Waals surface area (Å²) in [5, 5.41) is -0.364. The molecule has 2 fully saturated rings. The van der Waals surface area contributed by atoms with E-state index in [4.69, 9.17) is 39.5 Å². The summed E-state index contributed by atoms with van der Waals surface area (Å²) in [7, 11) is 0. The molecule has 0 unspecified atom stereocenters. The zero-order valence-electron chi connectivity index (χ0n) is 18.6. The van der Waals surface area contributed by atoms with Crippen LogP contribution in [0.1, 0.15) is 33.6 Å². The van der Waals surface area contributed by atoms with Crippen molar-refractivity contribution in [2.75, 3.05) is 11.5 Å². The molecule has 1 aliphatic heterocycles. The Kier molecular flexibility index (Phi) is 7.82. The average molecular weight is 553 g/mol. The van der Waals surface area contributed by atoms with Crippen LogP contribution in [0.4, 0.5) is 5.69 Å². The summed E-state index contributed by atoms with van der Waals surface area (Å²) in [5.74, 6) is -4.10. The van der Waals surface area contributed by atoms with Gasteiger partial charge in [0, 0.05) is 10.6 Å². The fraction of sp³-hybridized carbons (Fsp3) is 0.292. The molecule has 4 rings (SSSR count). The van der Waals surface area contributed by atoms with Crippen LogP contribution in [-0.4, -0.2) is 47.0 Å². The molecular formula is C24H20Cl3N3O6. The molecule has 0 spiro atoms. The van der Waals surface area contributed by atoms with Crippen molar-refractivity contribution in [1.82, 2.24) is 10.9 Å².